The highest BCUT2D eigenvalue weighted by molar-refractivity contribution is 9.10. The Labute approximate surface area is 130 Å². The second-order valence-corrected chi connectivity index (χ2v) is 6.21. The largest absolute Gasteiger partial charge is 0.391 e. The molecular weight excluding hydrogens is 339 g/mol. The summed E-state index contributed by atoms with van der Waals surface area (Å²) in [5.74, 6) is -0.347. The molecule has 1 unspecified atom stereocenters. The summed E-state index contributed by atoms with van der Waals surface area (Å²) in [5.41, 5.74) is 0.374. The van der Waals surface area contributed by atoms with E-state index in [1.807, 2.05) is 19.2 Å². The minimum Gasteiger partial charge on any atom is -0.391 e. The zero-order valence-electron chi connectivity index (χ0n) is 11.4. The number of rotatable bonds is 4. The van der Waals surface area contributed by atoms with Crippen LogP contribution in [0.5, 0.6) is 0 Å². The number of nitrogens with zero attached hydrogens (tertiary/aromatic N) is 3. The van der Waals surface area contributed by atoms with Crippen molar-refractivity contribution in [2.24, 2.45) is 0 Å². The third kappa shape index (κ3) is 2.86. The van der Waals surface area contributed by atoms with Gasteiger partial charge in [-0.05, 0) is 41.4 Å². The molecule has 0 amide bonds. The molecule has 2 heterocycles. The van der Waals surface area contributed by atoms with Gasteiger partial charge >= 0.3 is 0 Å². The molecule has 1 aliphatic carbocycles. The second kappa shape index (κ2) is 5.82. The van der Waals surface area contributed by atoms with Crippen molar-refractivity contribution >= 4 is 15.9 Å². The van der Waals surface area contributed by atoms with Crippen LogP contribution in [0.15, 0.2) is 35.2 Å². The first kappa shape index (κ1) is 14.6. The number of hydrogen-bond donors (Lipinski definition) is 2. The van der Waals surface area contributed by atoms with Crippen molar-refractivity contribution in [3.8, 4) is 0 Å². The van der Waals surface area contributed by atoms with E-state index in [1.165, 1.54) is 6.07 Å². The first-order chi connectivity index (χ1) is 10.1. The molecule has 2 aromatic heterocycles. The van der Waals surface area contributed by atoms with Crippen molar-refractivity contribution in [2.45, 2.75) is 37.6 Å². The fraction of sp³-hybridized carbons (Fsp3) is 0.429. The van der Waals surface area contributed by atoms with Crippen LogP contribution >= 0.6 is 15.9 Å². The van der Waals surface area contributed by atoms with Gasteiger partial charge in [0.1, 0.15) is 5.82 Å². The van der Waals surface area contributed by atoms with Crippen LogP contribution in [-0.4, -0.2) is 32.0 Å². The van der Waals surface area contributed by atoms with Crippen LogP contribution in [0.3, 0.4) is 0 Å². The van der Waals surface area contributed by atoms with E-state index in [0.717, 1.165) is 0 Å². The number of hydrogen-bond acceptors (Lipinski definition) is 4. The molecule has 4 atom stereocenters. The minimum atomic E-state index is -0.433. The van der Waals surface area contributed by atoms with Gasteiger partial charge in [0.2, 0.25) is 0 Å². The molecule has 21 heavy (non-hydrogen) atoms. The molecule has 0 saturated heterocycles. The zero-order chi connectivity index (χ0) is 15.0. The molecule has 112 valence electrons. The van der Waals surface area contributed by atoms with Gasteiger partial charge in [0.05, 0.1) is 17.8 Å². The van der Waals surface area contributed by atoms with Gasteiger partial charge in [0.25, 0.3) is 0 Å². The standard InChI is InChI=1S/C14H16BrFN4O/c1-8(13-10(16)5-9(15)7-17-13)19-11-6-12(21)14(11)20-4-2-3-18-20/h2-5,7-8,11-12,14,19,21H,6H2,1H3/t8?,11-,12+,14+/m0/s1. The van der Waals surface area contributed by atoms with E-state index >= 15 is 0 Å². The Morgan fingerprint density at radius 1 is 1.57 bits per heavy atom. The maximum Gasteiger partial charge on any atom is 0.147 e. The number of aliphatic hydroxyl groups is 1. The normalized spacial score (nSPS) is 26.4. The summed E-state index contributed by atoms with van der Waals surface area (Å²) in [6, 6.07) is 2.90. The minimum absolute atomic E-state index is 0.0414. The number of halogens is 2. The SMILES string of the molecule is CC(N[C@H]1C[C@@H](O)[C@@H]1n1cccn1)c1ncc(Br)cc1F. The molecule has 1 saturated carbocycles. The maximum absolute atomic E-state index is 13.9. The van der Waals surface area contributed by atoms with Crippen LogP contribution in [0, 0.1) is 5.82 Å². The van der Waals surface area contributed by atoms with Gasteiger partial charge in [0.15, 0.2) is 0 Å². The molecule has 0 bridgehead atoms. The lowest BCUT2D eigenvalue weighted by Gasteiger charge is -2.43. The van der Waals surface area contributed by atoms with Crippen molar-refractivity contribution in [1.29, 1.82) is 0 Å². The molecule has 1 aliphatic rings. The van der Waals surface area contributed by atoms with E-state index in [1.54, 1.807) is 17.1 Å². The highest BCUT2D eigenvalue weighted by Gasteiger charge is 2.42. The lowest BCUT2D eigenvalue weighted by Crippen LogP contribution is -2.55. The van der Waals surface area contributed by atoms with E-state index in [-0.39, 0.29) is 23.9 Å². The van der Waals surface area contributed by atoms with E-state index < -0.39 is 6.10 Å². The molecule has 3 rings (SSSR count). The molecule has 2 aromatic rings. The molecule has 7 heteroatoms. The summed E-state index contributed by atoms with van der Waals surface area (Å²) in [4.78, 5) is 4.13. The van der Waals surface area contributed by atoms with Gasteiger partial charge < -0.3 is 10.4 Å². The molecule has 1 fully saturated rings. The number of pyridine rings is 1. The quantitative estimate of drug-likeness (QED) is 0.883. The molecule has 0 radical (unpaired) electrons. The molecule has 5 nitrogen and oxygen atoms in total. The topological polar surface area (TPSA) is 63.0 Å². The fourth-order valence-corrected chi connectivity index (χ4v) is 3.04. The highest BCUT2D eigenvalue weighted by Crippen LogP contribution is 2.34. The summed E-state index contributed by atoms with van der Waals surface area (Å²) < 4.78 is 16.3. The van der Waals surface area contributed by atoms with Gasteiger partial charge in [0, 0.05) is 35.1 Å². The Bertz CT molecular complexity index is 621. The summed E-state index contributed by atoms with van der Waals surface area (Å²) in [7, 11) is 0. The molecule has 0 aromatic carbocycles. The van der Waals surface area contributed by atoms with Crippen LogP contribution in [0.25, 0.3) is 0 Å². The van der Waals surface area contributed by atoms with Gasteiger partial charge in [-0.25, -0.2) is 4.39 Å². The smallest absolute Gasteiger partial charge is 0.147 e. The monoisotopic (exact) mass is 354 g/mol. The summed E-state index contributed by atoms with van der Waals surface area (Å²) in [5, 5.41) is 17.4. The van der Waals surface area contributed by atoms with Crippen LogP contribution in [-0.2, 0) is 0 Å². The third-order valence-electron chi connectivity index (χ3n) is 3.84. The van der Waals surface area contributed by atoms with Crippen LogP contribution in [0.4, 0.5) is 4.39 Å². The van der Waals surface area contributed by atoms with Crippen LogP contribution in [0.1, 0.15) is 31.1 Å². The molecular formula is C14H16BrFN4O. The van der Waals surface area contributed by atoms with Gasteiger partial charge in [-0.1, -0.05) is 0 Å². The van der Waals surface area contributed by atoms with Gasteiger partial charge in [-0.15, -0.1) is 0 Å². The van der Waals surface area contributed by atoms with E-state index in [4.69, 9.17) is 0 Å². The number of nitrogens with one attached hydrogen (secondary N) is 1. The highest BCUT2D eigenvalue weighted by atomic mass is 79.9. The lowest BCUT2D eigenvalue weighted by molar-refractivity contribution is -0.0113. The summed E-state index contributed by atoms with van der Waals surface area (Å²) in [6.07, 6.45) is 5.27. The first-order valence-corrected chi connectivity index (χ1v) is 7.59. The van der Waals surface area contributed by atoms with E-state index in [9.17, 15) is 9.50 Å². The Morgan fingerprint density at radius 2 is 2.38 bits per heavy atom. The van der Waals surface area contributed by atoms with Gasteiger partial charge in [-0.2, -0.15) is 5.10 Å². The fourth-order valence-electron chi connectivity index (χ4n) is 2.74. The van der Waals surface area contributed by atoms with E-state index in [0.29, 0.717) is 16.6 Å². The summed E-state index contributed by atoms with van der Waals surface area (Å²) in [6.45, 7) is 1.87. The Balaban J connectivity index is 1.71. The van der Waals surface area contributed by atoms with Crippen molar-refractivity contribution in [2.75, 3.05) is 0 Å². The summed E-state index contributed by atoms with van der Waals surface area (Å²) >= 11 is 3.20. The molecule has 0 aliphatic heterocycles. The van der Waals surface area contributed by atoms with Crippen molar-refractivity contribution in [1.82, 2.24) is 20.1 Å². The molecule has 0 spiro atoms. The van der Waals surface area contributed by atoms with Gasteiger partial charge in [-0.3, -0.25) is 9.67 Å². The number of aliphatic hydroxyl groups excluding tert-OH is 1. The van der Waals surface area contributed by atoms with Crippen molar-refractivity contribution in [3.05, 3.63) is 46.7 Å². The van der Waals surface area contributed by atoms with Crippen molar-refractivity contribution < 1.29 is 9.50 Å². The van der Waals surface area contributed by atoms with E-state index in [2.05, 4.69) is 31.3 Å². The maximum atomic E-state index is 13.9. The Kier molecular flexibility index (Phi) is 4.05. The second-order valence-electron chi connectivity index (χ2n) is 5.30. The zero-order valence-corrected chi connectivity index (χ0v) is 13.0. The van der Waals surface area contributed by atoms with Crippen LogP contribution < -0.4 is 5.32 Å². The Hall–Kier alpha value is -1.31. The third-order valence-corrected chi connectivity index (χ3v) is 4.28. The molecule has 2 N–H and O–H groups in total. The lowest BCUT2D eigenvalue weighted by atomic mass is 9.82. The van der Waals surface area contributed by atoms with Crippen LogP contribution in [0.2, 0.25) is 0 Å². The predicted molar refractivity (Wildman–Crippen MR) is 79.1 cm³/mol. The average Bonchev–Trinajstić information content (AvgIpc) is 2.91. The average molecular weight is 355 g/mol. The number of aromatic nitrogens is 3. The predicted octanol–water partition coefficient (Wildman–Crippen LogP) is 2.20. The Morgan fingerprint density at radius 3 is 3.00 bits per heavy atom. The first-order valence-electron chi connectivity index (χ1n) is 6.80. The van der Waals surface area contributed by atoms with Crippen molar-refractivity contribution in [3.63, 3.8) is 0 Å².